The van der Waals surface area contributed by atoms with Crippen LogP contribution in [0.25, 0.3) is 0 Å². The SMILES string of the molecule is O=C1CCC(OP(=O)(F)F)C1. The molecule has 1 atom stereocenters. The molecule has 64 valence electrons. The van der Waals surface area contributed by atoms with Crippen LogP contribution in [0.4, 0.5) is 8.39 Å². The lowest BCUT2D eigenvalue weighted by Gasteiger charge is -2.06. The van der Waals surface area contributed by atoms with Gasteiger partial charge in [0, 0.05) is 12.8 Å². The van der Waals surface area contributed by atoms with Crippen LogP contribution in [0.1, 0.15) is 19.3 Å². The van der Waals surface area contributed by atoms with Crippen molar-refractivity contribution in [3.63, 3.8) is 0 Å². The Morgan fingerprint density at radius 3 is 2.55 bits per heavy atom. The molecule has 0 aromatic rings. The molecule has 0 radical (unpaired) electrons. The molecule has 0 spiro atoms. The Bertz CT molecular complexity index is 212. The van der Waals surface area contributed by atoms with Crippen molar-refractivity contribution in [3.8, 4) is 0 Å². The third-order valence-corrected chi connectivity index (χ3v) is 2.02. The van der Waals surface area contributed by atoms with Crippen molar-refractivity contribution in [2.45, 2.75) is 25.4 Å². The maximum absolute atomic E-state index is 11.7. The molecule has 0 heterocycles. The number of halogens is 2. The molecule has 1 aliphatic rings. The predicted octanol–water partition coefficient (Wildman–Crippen LogP) is 2.17. The number of rotatable bonds is 2. The largest absolute Gasteiger partial charge is 0.552 e. The number of ketones is 1. The van der Waals surface area contributed by atoms with Crippen LogP contribution in [0.3, 0.4) is 0 Å². The summed E-state index contributed by atoms with van der Waals surface area (Å²) in [6.07, 6.45) is -0.345. The molecule has 11 heavy (non-hydrogen) atoms. The van der Waals surface area contributed by atoms with Crippen molar-refractivity contribution >= 4 is 13.8 Å². The second-order valence-electron chi connectivity index (χ2n) is 2.42. The van der Waals surface area contributed by atoms with Gasteiger partial charge in [-0.3, -0.25) is 9.32 Å². The van der Waals surface area contributed by atoms with Gasteiger partial charge >= 0.3 is 7.99 Å². The first-order valence-electron chi connectivity index (χ1n) is 3.17. The monoisotopic (exact) mass is 184 g/mol. The summed E-state index contributed by atoms with van der Waals surface area (Å²) in [6, 6.07) is 0. The van der Waals surface area contributed by atoms with Crippen LogP contribution in [-0.2, 0) is 13.9 Å². The van der Waals surface area contributed by atoms with Crippen molar-refractivity contribution in [1.82, 2.24) is 0 Å². The van der Waals surface area contributed by atoms with E-state index in [1.165, 1.54) is 0 Å². The molecule has 0 bridgehead atoms. The van der Waals surface area contributed by atoms with Crippen LogP contribution in [0, 0.1) is 0 Å². The fourth-order valence-corrected chi connectivity index (χ4v) is 1.57. The second kappa shape index (κ2) is 2.99. The lowest BCUT2D eigenvalue weighted by molar-refractivity contribution is -0.117. The van der Waals surface area contributed by atoms with E-state index in [-0.39, 0.29) is 25.0 Å². The minimum atomic E-state index is -5.39. The quantitative estimate of drug-likeness (QED) is 0.617. The molecule has 0 amide bonds. The van der Waals surface area contributed by atoms with E-state index >= 15 is 0 Å². The Labute approximate surface area is 62.4 Å². The van der Waals surface area contributed by atoms with Gasteiger partial charge in [-0.2, -0.15) is 0 Å². The number of carbonyl (C=O) groups excluding carboxylic acids is 1. The number of hydrogen-bond donors (Lipinski definition) is 0. The molecule has 0 aromatic carbocycles. The zero-order chi connectivity index (χ0) is 8.48. The Morgan fingerprint density at radius 2 is 2.18 bits per heavy atom. The normalized spacial score (nSPS) is 26.0. The smallest absolute Gasteiger partial charge is 0.300 e. The molecule has 0 saturated heterocycles. The van der Waals surface area contributed by atoms with Crippen molar-refractivity contribution in [2.24, 2.45) is 0 Å². The highest BCUT2D eigenvalue weighted by Crippen LogP contribution is 2.52. The second-order valence-corrected chi connectivity index (χ2v) is 3.46. The third-order valence-electron chi connectivity index (χ3n) is 1.47. The Kier molecular flexibility index (Phi) is 2.40. The van der Waals surface area contributed by atoms with Crippen molar-refractivity contribution < 1.29 is 22.3 Å². The number of Topliss-reactive ketones (excluding diaryl/α,β-unsaturated/α-hetero) is 1. The van der Waals surface area contributed by atoms with E-state index in [0.717, 1.165) is 0 Å². The van der Waals surface area contributed by atoms with Gasteiger partial charge in [-0.1, -0.05) is 0 Å². The zero-order valence-electron chi connectivity index (χ0n) is 5.63. The Morgan fingerprint density at radius 1 is 1.55 bits per heavy atom. The van der Waals surface area contributed by atoms with E-state index < -0.39 is 14.1 Å². The molecule has 1 unspecified atom stereocenters. The van der Waals surface area contributed by atoms with Crippen LogP contribution in [0.15, 0.2) is 0 Å². The van der Waals surface area contributed by atoms with Gasteiger partial charge in [0.1, 0.15) is 5.78 Å². The Hall–Kier alpha value is -0.280. The molecular weight excluding hydrogens is 177 g/mol. The van der Waals surface area contributed by atoms with Crippen molar-refractivity contribution in [2.75, 3.05) is 0 Å². The van der Waals surface area contributed by atoms with Gasteiger partial charge in [0.15, 0.2) is 0 Å². The fraction of sp³-hybridized carbons (Fsp3) is 0.800. The van der Waals surface area contributed by atoms with Gasteiger partial charge in [0.25, 0.3) is 0 Å². The van der Waals surface area contributed by atoms with E-state index in [9.17, 15) is 17.8 Å². The maximum Gasteiger partial charge on any atom is 0.552 e. The lowest BCUT2D eigenvalue weighted by atomic mass is 10.3. The first-order valence-corrected chi connectivity index (χ1v) is 4.57. The first kappa shape index (κ1) is 8.81. The maximum atomic E-state index is 11.7. The lowest BCUT2D eigenvalue weighted by Crippen LogP contribution is -2.03. The standard InChI is InChI=1S/C5H7F2O3P/c6-11(7,9)10-5-2-1-4(8)3-5/h5H,1-3H2. The molecule has 0 aromatic heterocycles. The average molecular weight is 184 g/mol. The van der Waals surface area contributed by atoms with E-state index in [4.69, 9.17) is 0 Å². The third kappa shape index (κ3) is 3.08. The summed E-state index contributed by atoms with van der Waals surface area (Å²) in [4.78, 5) is 10.5. The van der Waals surface area contributed by atoms with Gasteiger partial charge < -0.3 is 0 Å². The van der Waals surface area contributed by atoms with Gasteiger partial charge in [0.2, 0.25) is 0 Å². The number of hydrogen-bond acceptors (Lipinski definition) is 3. The summed E-state index contributed by atoms with van der Waals surface area (Å²) in [6.45, 7) is 0. The minimum absolute atomic E-state index is 0.0299. The van der Waals surface area contributed by atoms with E-state index in [1.54, 1.807) is 0 Å². The summed E-state index contributed by atoms with van der Waals surface area (Å²) >= 11 is 0. The van der Waals surface area contributed by atoms with Crippen LogP contribution >= 0.6 is 7.99 Å². The predicted molar refractivity (Wildman–Crippen MR) is 33.6 cm³/mol. The summed E-state index contributed by atoms with van der Waals surface area (Å²) in [5, 5.41) is 0. The van der Waals surface area contributed by atoms with Gasteiger partial charge in [0.05, 0.1) is 6.10 Å². The van der Waals surface area contributed by atoms with Gasteiger partial charge in [-0.15, -0.1) is 8.39 Å². The Balaban J connectivity index is 2.40. The van der Waals surface area contributed by atoms with E-state index in [0.29, 0.717) is 0 Å². The highest BCUT2D eigenvalue weighted by molar-refractivity contribution is 7.47. The van der Waals surface area contributed by atoms with Crippen LogP contribution < -0.4 is 0 Å². The summed E-state index contributed by atoms with van der Waals surface area (Å²) in [7, 11) is -5.39. The van der Waals surface area contributed by atoms with Crippen molar-refractivity contribution in [3.05, 3.63) is 0 Å². The first-order chi connectivity index (χ1) is 4.97. The minimum Gasteiger partial charge on any atom is -0.300 e. The van der Waals surface area contributed by atoms with E-state index in [2.05, 4.69) is 4.52 Å². The van der Waals surface area contributed by atoms with Crippen LogP contribution in [-0.4, -0.2) is 11.9 Å². The molecule has 0 aliphatic heterocycles. The highest BCUT2D eigenvalue weighted by atomic mass is 31.2. The molecular formula is C5H7F2O3P. The van der Waals surface area contributed by atoms with Crippen LogP contribution in [0.5, 0.6) is 0 Å². The molecule has 1 aliphatic carbocycles. The molecule has 0 N–H and O–H groups in total. The van der Waals surface area contributed by atoms with Crippen molar-refractivity contribution in [1.29, 1.82) is 0 Å². The summed E-state index contributed by atoms with van der Waals surface area (Å²) in [5.74, 6) is -0.108. The number of carbonyl (C=O) groups is 1. The highest BCUT2D eigenvalue weighted by Gasteiger charge is 2.31. The molecule has 1 rings (SSSR count). The molecule has 3 nitrogen and oxygen atoms in total. The summed E-state index contributed by atoms with van der Waals surface area (Å²) < 4.78 is 37.1. The summed E-state index contributed by atoms with van der Waals surface area (Å²) in [5.41, 5.74) is 0. The topological polar surface area (TPSA) is 43.4 Å². The molecule has 1 fully saturated rings. The average Bonchev–Trinajstić information content (AvgIpc) is 2.10. The zero-order valence-corrected chi connectivity index (χ0v) is 6.52. The molecule has 6 heteroatoms. The van der Waals surface area contributed by atoms with Crippen LogP contribution in [0.2, 0.25) is 0 Å². The molecule has 1 saturated carbocycles. The van der Waals surface area contributed by atoms with Gasteiger partial charge in [-0.05, 0) is 6.42 Å². The van der Waals surface area contributed by atoms with Gasteiger partial charge in [-0.25, -0.2) is 4.57 Å². The van der Waals surface area contributed by atoms with E-state index in [1.807, 2.05) is 0 Å². The fourth-order valence-electron chi connectivity index (χ4n) is 1.04.